The fraction of sp³-hybridized carbons (Fsp3) is 0.533. The van der Waals surface area contributed by atoms with Gasteiger partial charge in [0.1, 0.15) is 12.9 Å². The summed E-state index contributed by atoms with van der Waals surface area (Å²) in [4.78, 5) is 4.10. The number of fused-ring (bicyclic) bond motifs is 2. The molecule has 118 valence electrons. The molecule has 0 saturated heterocycles. The van der Waals surface area contributed by atoms with Crippen LogP contribution in [0.15, 0.2) is 12.4 Å². The maximum Gasteiger partial charge on any atom is 0.236 e. The van der Waals surface area contributed by atoms with Crippen molar-refractivity contribution in [3.05, 3.63) is 29.6 Å². The third kappa shape index (κ3) is 1.87. The maximum atomic E-state index is 6.00. The molecule has 3 aliphatic carbocycles. The second-order valence-corrected chi connectivity index (χ2v) is 6.69. The van der Waals surface area contributed by atoms with Gasteiger partial charge in [-0.05, 0) is 44.6 Å². The van der Waals surface area contributed by atoms with Crippen molar-refractivity contribution in [3.8, 4) is 5.88 Å². The summed E-state index contributed by atoms with van der Waals surface area (Å²) >= 11 is 0. The van der Waals surface area contributed by atoms with Crippen molar-refractivity contribution < 1.29 is 4.74 Å². The lowest BCUT2D eigenvalue weighted by Gasteiger charge is -2.39. The molecule has 3 saturated carbocycles. The Hall–Kier alpha value is -2.51. The first kappa shape index (κ1) is 13.0. The summed E-state index contributed by atoms with van der Waals surface area (Å²) in [6.45, 7) is 2.21. The lowest BCUT2D eigenvalue weighted by atomic mass is 9.66. The zero-order valence-electron chi connectivity index (χ0n) is 12.9. The summed E-state index contributed by atoms with van der Waals surface area (Å²) in [5.74, 6) is 2.98. The number of hydrogen-bond acceptors (Lipinski definition) is 6. The third-order valence-electron chi connectivity index (χ3n) is 5.29. The van der Waals surface area contributed by atoms with Crippen LogP contribution in [0.2, 0.25) is 0 Å². The van der Waals surface area contributed by atoms with Crippen LogP contribution in [0, 0.1) is 12.8 Å². The highest BCUT2D eigenvalue weighted by Gasteiger charge is 2.53. The molecule has 3 aromatic heterocycles. The second kappa shape index (κ2) is 4.50. The van der Waals surface area contributed by atoms with Gasteiger partial charge in [-0.15, -0.1) is 15.3 Å². The van der Waals surface area contributed by atoms with Crippen LogP contribution >= 0.6 is 0 Å². The van der Waals surface area contributed by atoms with Crippen LogP contribution in [-0.2, 0) is 12.0 Å². The van der Waals surface area contributed by atoms with Crippen molar-refractivity contribution in [3.63, 3.8) is 0 Å². The normalized spacial score (nSPS) is 25.7. The summed E-state index contributed by atoms with van der Waals surface area (Å²) in [5, 5.41) is 19.7. The number of aromatic amines is 1. The van der Waals surface area contributed by atoms with Crippen LogP contribution in [0.3, 0.4) is 0 Å². The number of aromatic nitrogens is 7. The smallest absolute Gasteiger partial charge is 0.236 e. The number of rotatable bonds is 4. The first-order valence-electron chi connectivity index (χ1n) is 7.94. The Kier molecular flexibility index (Phi) is 2.54. The third-order valence-corrected chi connectivity index (χ3v) is 5.29. The second-order valence-electron chi connectivity index (χ2n) is 6.69. The van der Waals surface area contributed by atoms with Gasteiger partial charge in [0.2, 0.25) is 5.88 Å². The van der Waals surface area contributed by atoms with Crippen molar-refractivity contribution in [2.75, 3.05) is 0 Å². The molecule has 3 aliphatic rings. The van der Waals surface area contributed by atoms with Crippen LogP contribution in [-0.4, -0.2) is 35.0 Å². The quantitative estimate of drug-likeness (QED) is 0.786. The lowest BCUT2D eigenvalue weighted by molar-refractivity contribution is 0.218. The van der Waals surface area contributed by atoms with E-state index in [4.69, 9.17) is 4.74 Å². The van der Waals surface area contributed by atoms with Gasteiger partial charge in [0.05, 0.1) is 0 Å². The maximum absolute atomic E-state index is 6.00. The molecule has 0 atom stereocenters. The fourth-order valence-corrected chi connectivity index (χ4v) is 4.14. The summed E-state index contributed by atoms with van der Waals surface area (Å²) < 4.78 is 7.73. The Bertz CT molecular complexity index is 858. The van der Waals surface area contributed by atoms with Crippen molar-refractivity contribution in [2.24, 2.45) is 5.92 Å². The fourth-order valence-electron chi connectivity index (χ4n) is 4.14. The van der Waals surface area contributed by atoms with E-state index in [1.165, 1.54) is 37.6 Å². The molecule has 0 amide bonds. The molecule has 3 fully saturated rings. The molecule has 0 unspecified atom stereocenters. The first-order chi connectivity index (χ1) is 11.2. The molecular formula is C15H17N7O. The summed E-state index contributed by atoms with van der Waals surface area (Å²) in [6, 6.07) is 2.10. The molecule has 1 N–H and O–H groups in total. The van der Waals surface area contributed by atoms with Crippen LogP contribution in [0.4, 0.5) is 0 Å². The Morgan fingerprint density at radius 3 is 3.04 bits per heavy atom. The summed E-state index contributed by atoms with van der Waals surface area (Å²) in [6.07, 6.45) is 6.46. The highest BCUT2D eigenvalue weighted by Crippen LogP contribution is 2.61. The molecule has 3 heterocycles. The van der Waals surface area contributed by atoms with Gasteiger partial charge in [-0.25, -0.2) is 4.98 Å². The SMILES string of the molecule is Cc1nnc2cc(C34CCC(C3)C4)c(OCc3ncn[nH]3)nn12. The van der Waals surface area contributed by atoms with Crippen molar-refractivity contribution in [1.82, 2.24) is 35.0 Å². The van der Waals surface area contributed by atoms with Crippen LogP contribution in [0.25, 0.3) is 5.65 Å². The van der Waals surface area contributed by atoms with E-state index < -0.39 is 0 Å². The van der Waals surface area contributed by atoms with E-state index in [-0.39, 0.29) is 5.41 Å². The molecule has 0 radical (unpaired) electrons. The van der Waals surface area contributed by atoms with E-state index in [9.17, 15) is 0 Å². The predicted molar refractivity (Wildman–Crippen MR) is 79.9 cm³/mol. The lowest BCUT2D eigenvalue weighted by Crippen LogP contribution is -2.33. The minimum atomic E-state index is 0.218. The zero-order chi connectivity index (χ0) is 15.4. The Morgan fingerprint density at radius 1 is 1.39 bits per heavy atom. The Balaban J connectivity index is 1.58. The first-order valence-corrected chi connectivity index (χ1v) is 7.94. The average Bonchev–Trinajstić information content (AvgIpc) is 3.29. The van der Waals surface area contributed by atoms with E-state index in [0.717, 1.165) is 17.4 Å². The molecule has 8 nitrogen and oxygen atoms in total. The van der Waals surface area contributed by atoms with Gasteiger partial charge < -0.3 is 4.74 Å². The Morgan fingerprint density at radius 2 is 2.30 bits per heavy atom. The molecule has 0 spiro atoms. The van der Waals surface area contributed by atoms with Gasteiger partial charge in [0.15, 0.2) is 17.3 Å². The topological polar surface area (TPSA) is 93.9 Å². The Labute approximate surface area is 132 Å². The molecule has 23 heavy (non-hydrogen) atoms. The molecule has 0 aromatic carbocycles. The van der Waals surface area contributed by atoms with E-state index in [1.807, 2.05) is 6.92 Å². The zero-order valence-corrected chi connectivity index (χ0v) is 12.9. The number of H-pyrrole nitrogens is 1. The summed E-state index contributed by atoms with van der Waals surface area (Å²) in [7, 11) is 0. The number of aryl methyl sites for hydroxylation is 1. The molecule has 8 heteroatoms. The average molecular weight is 311 g/mol. The molecule has 2 bridgehead atoms. The van der Waals surface area contributed by atoms with Crippen molar-refractivity contribution in [1.29, 1.82) is 0 Å². The number of nitrogens with zero attached hydrogens (tertiary/aromatic N) is 6. The number of nitrogens with one attached hydrogen (secondary N) is 1. The van der Waals surface area contributed by atoms with Gasteiger partial charge in [-0.2, -0.15) is 9.61 Å². The summed E-state index contributed by atoms with van der Waals surface area (Å²) in [5.41, 5.74) is 2.18. The van der Waals surface area contributed by atoms with Gasteiger partial charge in [-0.1, -0.05) is 0 Å². The molecule has 6 rings (SSSR count). The van der Waals surface area contributed by atoms with Crippen LogP contribution in [0.5, 0.6) is 5.88 Å². The standard InChI is InChI=1S/C15H17N7O/c1-9-18-20-13-4-11(15-3-2-10(5-15)6-15)14(21-22(9)13)23-7-12-16-8-17-19-12/h4,8,10H,2-3,5-7H2,1H3,(H,16,17,19). The van der Waals surface area contributed by atoms with E-state index in [2.05, 4.69) is 36.5 Å². The number of hydrogen-bond donors (Lipinski definition) is 1. The van der Waals surface area contributed by atoms with Crippen molar-refractivity contribution >= 4 is 5.65 Å². The minimum absolute atomic E-state index is 0.218. The van der Waals surface area contributed by atoms with Crippen molar-refractivity contribution in [2.45, 2.75) is 44.6 Å². The molecule has 0 aliphatic heterocycles. The monoisotopic (exact) mass is 311 g/mol. The van der Waals surface area contributed by atoms with Gasteiger partial charge >= 0.3 is 0 Å². The van der Waals surface area contributed by atoms with E-state index >= 15 is 0 Å². The van der Waals surface area contributed by atoms with Crippen LogP contribution < -0.4 is 4.74 Å². The van der Waals surface area contributed by atoms with Crippen LogP contribution in [0.1, 0.15) is 42.9 Å². The highest BCUT2D eigenvalue weighted by atomic mass is 16.5. The minimum Gasteiger partial charge on any atom is -0.468 e. The van der Waals surface area contributed by atoms with E-state index in [0.29, 0.717) is 18.3 Å². The van der Waals surface area contributed by atoms with Gasteiger partial charge in [0, 0.05) is 11.0 Å². The highest BCUT2D eigenvalue weighted by molar-refractivity contribution is 5.48. The molecular weight excluding hydrogens is 294 g/mol. The predicted octanol–water partition coefficient (Wildman–Crippen LogP) is 1.57. The van der Waals surface area contributed by atoms with Gasteiger partial charge in [0.25, 0.3) is 0 Å². The van der Waals surface area contributed by atoms with Gasteiger partial charge in [-0.3, -0.25) is 5.10 Å². The van der Waals surface area contributed by atoms with E-state index in [1.54, 1.807) is 4.52 Å². The largest absolute Gasteiger partial charge is 0.468 e. The molecule has 3 aromatic rings. The number of ether oxygens (including phenoxy) is 1.